The van der Waals surface area contributed by atoms with Crippen LogP contribution in [0.4, 0.5) is 0 Å². The highest BCUT2D eigenvalue weighted by atomic mass is 79.9. The number of ether oxygens (including phenoxy) is 1. The van der Waals surface area contributed by atoms with Gasteiger partial charge in [0.1, 0.15) is 5.75 Å². The van der Waals surface area contributed by atoms with Crippen LogP contribution in [0.3, 0.4) is 0 Å². The minimum atomic E-state index is -0.452. The standard InChI is InChI=1S/C16H14BrCl2N3O3/c17-11-6-10(8-20-9-11)16(24)22-21-15(23)2-1-5-25-14-4-3-12(18)7-13(14)19/h3-4,6-9H,1-2,5H2,(H,21,23)(H,22,24). The van der Waals surface area contributed by atoms with Gasteiger partial charge in [0.25, 0.3) is 5.91 Å². The molecule has 1 aromatic heterocycles. The monoisotopic (exact) mass is 445 g/mol. The molecule has 0 aliphatic heterocycles. The van der Waals surface area contributed by atoms with Crippen molar-refractivity contribution in [2.45, 2.75) is 12.8 Å². The molecule has 2 amide bonds. The van der Waals surface area contributed by atoms with E-state index in [1.165, 1.54) is 6.20 Å². The van der Waals surface area contributed by atoms with Crippen molar-refractivity contribution in [1.82, 2.24) is 15.8 Å². The molecule has 132 valence electrons. The lowest BCUT2D eigenvalue weighted by Gasteiger charge is -2.09. The lowest BCUT2D eigenvalue weighted by atomic mass is 10.3. The average Bonchev–Trinajstić information content (AvgIpc) is 2.58. The third-order valence-corrected chi connectivity index (χ3v) is 3.95. The maximum Gasteiger partial charge on any atom is 0.271 e. The van der Waals surface area contributed by atoms with Gasteiger partial charge in [0.2, 0.25) is 5.91 Å². The molecule has 0 atom stereocenters. The van der Waals surface area contributed by atoms with E-state index in [1.54, 1.807) is 30.5 Å². The van der Waals surface area contributed by atoms with Crippen LogP contribution in [0.2, 0.25) is 10.0 Å². The number of carbonyl (C=O) groups excluding carboxylic acids is 2. The summed E-state index contributed by atoms with van der Waals surface area (Å²) in [4.78, 5) is 27.4. The Bertz CT molecular complexity index is 774. The third-order valence-electron chi connectivity index (χ3n) is 2.98. The van der Waals surface area contributed by atoms with Gasteiger partial charge in [0, 0.05) is 28.3 Å². The molecule has 9 heteroatoms. The molecule has 0 aliphatic rings. The number of nitrogens with one attached hydrogen (secondary N) is 2. The highest BCUT2D eigenvalue weighted by Crippen LogP contribution is 2.27. The van der Waals surface area contributed by atoms with Crippen molar-refractivity contribution in [2.75, 3.05) is 6.61 Å². The molecule has 6 nitrogen and oxygen atoms in total. The molecule has 25 heavy (non-hydrogen) atoms. The number of nitrogens with zero attached hydrogens (tertiary/aromatic N) is 1. The van der Waals surface area contributed by atoms with Crippen molar-refractivity contribution in [3.63, 3.8) is 0 Å². The predicted molar refractivity (Wildman–Crippen MR) is 98.7 cm³/mol. The van der Waals surface area contributed by atoms with Crippen molar-refractivity contribution >= 4 is 50.9 Å². The van der Waals surface area contributed by atoms with Crippen molar-refractivity contribution in [1.29, 1.82) is 0 Å². The summed E-state index contributed by atoms with van der Waals surface area (Å²) in [5.41, 5.74) is 4.99. The zero-order valence-electron chi connectivity index (χ0n) is 12.9. The minimum absolute atomic E-state index is 0.183. The first-order valence-corrected chi connectivity index (χ1v) is 8.78. The van der Waals surface area contributed by atoms with Gasteiger partial charge in [-0.15, -0.1) is 0 Å². The first-order valence-electron chi connectivity index (χ1n) is 7.23. The molecule has 2 N–H and O–H groups in total. The van der Waals surface area contributed by atoms with Crippen LogP contribution >= 0.6 is 39.1 Å². The highest BCUT2D eigenvalue weighted by Gasteiger charge is 2.08. The van der Waals surface area contributed by atoms with Crippen LogP contribution in [0.25, 0.3) is 0 Å². The maximum atomic E-state index is 11.8. The van der Waals surface area contributed by atoms with Gasteiger partial charge in [-0.25, -0.2) is 0 Å². The number of benzene rings is 1. The molecular formula is C16H14BrCl2N3O3. The van der Waals surface area contributed by atoms with Gasteiger partial charge < -0.3 is 4.74 Å². The lowest BCUT2D eigenvalue weighted by Crippen LogP contribution is -2.41. The molecule has 0 saturated heterocycles. The Labute approximate surface area is 163 Å². The number of carbonyl (C=O) groups is 2. The normalized spacial score (nSPS) is 10.2. The van der Waals surface area contributed by atoms with Crippen molar-refractivity contribution in [3.05, 3.63) is 56.7 Å². The van der Waals surface area contributed by atoms with Gasteiger partial charge in [0.05, 0.1) is 17.2 Å². The van der Waals surface area contributed by atoms with Crippen molar-refractivity contribution in [2.24, 2.45) is 0 Å². The van der Waals surface area contributed by atoms with E-state index in [2.05, 4.69) is 31.8 Å². The Morgan fingerprint density at radius 2 is 1.96 bits per heavy atom. The van der Waals surface area contributed by atoms with E-state index in [4.69, 9.17) is 27.9 Å². The number of hydrazine groups is 1. The quantitative estimate of drug-likeness (QED) is 0.522. The molecule has 0 bridgehead atoms. The van der Waals surface area contributed by atoms with Crippen LogP contribution in [0.15, 0.2) is 41.1 Å². The van der Waals surface area contributed by atoms with Gasteiger partial charge in [-0.3, -0.25) is 25.4 Å². The number of rotatable bonds is 6. The molecule has 0 fully saturated rings. The van der Waals surface area contributed by atoms with Crippen molar-refractivity contribution < 1.29 is 14.3 Å². The largest absolute Gasteiger partial charge is 0.492 e. The number of pyridine rings is 1. The van der Waals surface area contributed by atoms with E-state index in [0.29, 0.717) is 38.9 Å². The second-order valence-electron chi connectivity index (χ2n) is 4.92. The average molecular weight is 447 g/mol. The molecule has 0 aliphatic carbocycles. The van der Waals surface area contributed by atoms with E-state index in [-0.39, 0.29) is 12.3 Å². The van der Waals surface area contributed by atoms with E-state index >= 15 is 0 Å². The van der Waals surface area contributed by atoms with Crippen LogP contribution in [0.5, 0.6) is 5.75 Å². The fourth-order valence-electron chi connectivity index (χ4n) is 1.80. The van der Waals surface area contributed by atoms with Gasteiger partial charge in [-0.1, -0.05) is 23.2 Å². The second-order valence-corrected chi connectivity index (χ2v) is 6.68. The van der Waals surface area contributed by atoms with E-state index < -0.39 is 5.91 Å². The minimum Gasteiger partial charge on any atom is -0.492 e. The SMILES string of the molecule is O=C(CCCOc1ccc(Cl)cc1Cl)NNC(=O)c1cncc(Br)c1. The number of hydrogen-bond acceptors (Lipinski definition) is 4. The summed E-state index contributed by atoms with van der Waals surface area (Å²) in [6.45, 7) is 0.304. The first-order chi connectivity index (χ1) is 12.0. The summed E-state index contributed by atoms with van der Waals surface area (Å²) in [6.07, 6.45) is 3.60. The van der Waals surface area contributed by atoms with E-state index in [1.807, 2.05) is 0 Å². The lowest BCUT2D eigenvalue weighted by molar-refractivity contribution is -0.122. The Morgan fingerprint density at radius 1 is 1.16 bits per heavy atom. The molecule has 0 saturated carbocycles. The summed E-state index contributed by atoms with van der Waals surface area (Å²) >= 11 is 15.0. The van der Waals surface area contributed by atoms with Crippen molar-refractivity contribution in [3.8, 4) is 5.75 Å². The summed E-state index contributed by atoms with van der Waals surface area (Å²) in [7, 11) is 0. The molecule has 0 radical (unpaired) electrons. The molecule has 0 spiro atoms. The number of amides is 2. The highest BCUT2D eigenvalue weighted by molar-refractivity contribution is 9.10. The van der Waals surface area contributed by atoms with Crippen LogP contribution in [0, 0.1) is 0 Å². The number of halogens is 3. The van der Waals surface area contributed by atoms with Crippen LogP contribution < -0.4 is 15.6 Å². The Kier molecular flexibility index (Phi) is 7.49. The topological polar surface area (TPSA) is 80.3 Å². The Hall–Kier alpha value is -1.83. The summed E-state index contributed by atoms with van der Waals surface area (Å²) < 4.78 is 6.15. The van der Waals surface area contributed by atoms with Crippen LogP contribution in [0.1, 0.15) is 23.2 Å². The zero-order chi connectivity index (χ0) is 18.2. The van der Waals surface area contributed by atoms with E-state index in [0.717, 1.165) is 0 Å². The van der Waals surface area contributed by atoms with Crippen LogP contribution in [-0.2, 0) is 4.79 Å². The molecule has 1 aromatic carbocycles. The van der Waals surface area contributed by atoms with Gasteiger partial charge >= 0.3 is 0 Å². The first kappa shape index (κ1) is 19.5. The summed E-state index contributed by atoms with van der Waals surface area (Å²) in [5.74, 6) is -0.282. The molecule has 2 rings (SSSR count). The number of aromatic nitrogens is 1. The van der Waals surface area contributed by atoms with Crippen LogP contribution in [-0.4, -0.2) is 23.4 Å². The molecular weight excluding hydrogens is 433 g/mol. The second kappa shape index (κ2) is 9.60. The smallest absolute Gasteiger partial charge is 0.271 e. The molecule has 1 heterocycles. The molecule has 0 unspecified atom stereocenters. The predicted octanol–water partition coefficient (Wildman–Crippen LogP) is 3.77. The van der Waals surface area contributed by atoms with Gasteiger partial charge in [-0.05, 0) is 46.6 Å². The van der Waals surface area contributed by atoms with Gasteiger partial charge in [0.15, 0.2) is 0 Å². The zero-order valence-corrected chi connectivity index (χ0v) is 16.0. The summed E-state index contributed by atoms with van der Waals surface area (Å²) in [6, 6.07) is 6.51. The van der Waals surface area contributed by atoms with E-state index in [9.17, 15) is 9.59 Å². The number of hydrogen-bond donors (Lipinski definition) is 2. The maximum absolute atomic E-state index is 11.8. The Balaban J connectivity index is 1.68. The summed E-state index contributed by atoms with van der Waals surface area (Å²) in [5, 5.41) is 0.931. The third kappa shape index (κ3) is 6.53. The fraction of sp³-hybridized carbons (Fsp3) is 0.188. The fourth-order valence-corrected chi connectivity index (χ4v) is 2.63. The Morgan fingerprint density at radius 3 is 2.68 bits per heavy atom. The van der Waals surface area contributed by atoms with Gasteiger partial charge in [-0.2, -0.15) is 0 Å². The molecule has 2 aromatic rings.